The van der Waals surface area contributed by atoms with Gasteiger partial charge in [0.15, 0.2) is 11.5 Å². The van der Waals surface area contributed by atoms with E-state index in [0.29, 0.717) is 32.1 Å². The molecular weight excluding hydrogens is 609 g/mol. The molecule has 32 heavy (non-hydrogen) atoms. The smallest absolute Gasteiger partial charge is 0.272 e. The van der Waals surface area contributed by atoms with Crippen LogP contribution in [0.4, 0.5) is 0 Å². The number of halogens is 5. The molecule has 166 valence electrons. The Hall–Kier alpha value is -1.71. The standard InChI is InChI=1S/C22H15Cl4IN2O3/c1-31-20-7-12(10-28-29-22(30)16-5-4-15(24)9-18(16)26)6-19(27)21(20)32-11-13-2-3-14(23)8-17(13)25/h2-10H,11H2,1H3,(H,29,30). The van der Waals surface area contributed by atoms with Crippen molar-refractivity contribution in [2.45, 2.75) is 6.61 Å². The molecule has 1 amide bonds. The van der Waals surface area contributed by atoms with Gasteiger partial charge in [-0.25, -0.2) is 5.43 Å². The van der Waals surface area contributed by atoms with Gasteiger partial charge >= 0.3 is 0 Å². The van der Waals surface area contributed by atoms with Gasteiger partial charge in [0.05, 0.1) is 27.5 Å². The number of methoxy groups -OCH3 is 1. The number of hydrogen-bond donors (Lipinski definition) is 1. The molecule has 3 aromatic rings. The second kappa shape index (κ2) is 11.4. The van der Waals surface area contributed by atoms with E-state index >= 15 is 0 Å². The maximum atomic E-state index is 12.3. The summed E-state index contributed by atoms with van der Waals surface area (Å²) in [7, 11) is 1.54. The molecule has 0 aliphatic carbocycles. The molecule has 10 heteroatoms. The first kappa shape index (κ1) is 24.9. The Balaban J connectivity index is 1.71. The van der Waals surface area contributed by atoms with Crippen LogP contribution in [-0.2, 0) is 6.61 Å². The van der Waals surface area contributed by atoms with Gasteiger partial charge in [0.2, 0.25) is 0 Å². The average Bonchev–Trinajstić information content (AvgIpc) is 2.73. The maximum absolute atomic E-state index is 12.3. The van der Waals surface area contributed by atoms with E-state index in [1.54, 1.807) is 37.4 Å². The number of rotatable bonds is 7. The second-order valence-electron chi connectivity index (χ2n) is 6.38. The third-order valence-electron chi connectivity index (χ3n) is 4.19. The highest BCUT2D eigenvalue weighted by Gasteiger charge is 2.13. The molecule has 0 atom stereocenters. The normalized spacial score (nSPS) is 10.9. The Labute approximate surface area is 218 Å². The van der Waals surface area contributed by atoms with Crippen LogP contribution in [-0.4, -0.2) is 19.2 Å². The zero-order valence-electron chi connectivity index (χ0n) is 16.5. The van der Waals surface area contributed by atoms with Crippen molar-refractivity contribution in [1.82, 2.24) is 5.43 Å². The summed E-state index contributed by atoms with van der Waals surface area (Å²) in [5, 5.41) is 5.75. The van der Waals surface area contributed by atoms with Crippen LogP contribution in [0.15, 0.2) is 53.6 Å². The molecule has 3 rings (SSSR count). The van der Waals surface area contributed by atoms with E-state index in [2.05, 4.69) is 33.1 Å². The number of nitrogens with one attached hydrogen (secondary N) is 1. The van der Waals surface area contributed by atoms with Crippen LogP contribution in [0.3, 0.4) is 0 Å². The van der Waals surface area contributed by atoms with Crippen molar-refractivity contribution in [3.63, 3.8) is 0 Å². The van der Waals surface area contributed by atoms with Crippen LogP contribution < -0.4 is 14.9 Å². The number of hydrogen-bond acceptors (Lipinski definition) is 4. The Morgan fingerprint density at radius 2 is 1.72 bits per heavy atom. The summed E-state index contributed by atoms with van der Waals surface area (Å²) in [5.74, 6) is 0.619. The zero-order chi connectivity index (χ0) is 23.3. The monoisotopic (exact) mass is 622 g/mol. The summed E-state index contributed by atoms with van der Waals surface area (Å²) < 4.78 is 12.2. The Bertz CT molecular complexity index is 1190. The molecular formula is C22H15Cl4IN2O3. The summed E-state index contributed by atoms with van der Waals surface area (Å²) in [5.41, 5.74) is 4.20. The first-order valence-electron chi connectivity index (χ1n) is 9.01. The number of carbonyl (C=O) groups is 1. The molecule has 0 fully saturated rings. The van der Waals surface area contributed by atoms with Gasteiger partial charge in [-0.15, -0.1) is 0 Å². The zero-order valence-corrected chi connectivity index (χ0v) is 21.6. The minimum absolute atomic E-state index is 0.240. The number of nitrogens with zero attached hydrogens (tertiary/aromatic N) is 1. The maximum Gasteiger partial charge on any atom is 0.272 e. The minimum Gasteiger partial charge on any atom is -0.493 e. The first-order chi connectivity index (χ1) is 15.3. The largest absolute Gasteiger partial charge is 0.493 e. The molecule has 0 heterocycles. The lowest BCUT2D eigenvalue weighted by Crippen LogP contribution is -2.18. The van der Waals surface area contributed by atoms with Crippen LogP contribution in [0.1, 0.15) is 21.5 Å². The highest BCUT2D eigenvalue weighted by Crippen LogP contribution is 2.35. The van der Waals surface area contributed by atoms with Gasteiger partial charge < -0.3 is 9.47 Å². The first-order valence-corrected chi connectivity index (χ1v) is 11.6. The second-order valence-corrected chi connectivity index (χ2v) is 9.23. The van der Waals surface area contributed by atoms with Crippen molar-refractivity contribution in [3.05, 3.63) is 88.9 Å². The van der Waals surface area contributed by atoms with Crippen LogP contribution in [0.5, 0.6) is 11.5 Å². The highest BCUT2D eigenvalue weighted by atomic mass is 127. The van der Waals surface area contributed by atoms with Crippen molar-refractivity contribution < 1.29 is 14.3 Å². The van der Waals surface area contributed by atoms with Gasteiger partial charge in [-0.1, -0.05) is 52.5 Å². The summed E-state index contributed by atoms with van der Waals surface area (Å²) in [6.45, 7) is 0.244. The molecule has 0 aliphatic rings. The summed E-state index contributed by atoms with van der Waals surface area (Å²) in [4.78, 5) is 12.3. The lowest BCUT2D eigenvalue weighted by atomic mass is 10.2. The molecule has 3 aromatic carbocycles. The van der Waals surface area contributed by atoms with Crippen molar-refractivity contribution in [2.75, 3.05) is 7.11 Å². The molecule has 0 saturated heterocycles. The van der Waals surface area contributed by atoms with Gasteiger partial charge in [0.1, 0.15) is 6.61 Å². The Morgan fingerprint density at radius 1 is 1.03 bits per heavy atom. The van der Waals surface area contributed by atoms with Gasteiger partial charge in [-0.2, -0.15) is 5.10 Å². The minimum atomic E-state index is -0.454. The summed E-state index contributed by atoms with van der Waals surface area (Å²) in [6.07, 6.45) is 1.49. The number of ether oxygens (including phenoxy) is 2. The van der Waals surface area contributed by atoms with Crippen molar-refractivity contribution in [3.8, 4) is 11.5 Å². The molecule has 0 aromatic heterocycles. The third kappa shape index (κ3) is 6.42. The highest BCUT2D eigenvalue weighted by molar-refractivity contribution is 14.1. The van der Waals surface area contributed by atoms with Gasteiger partial charge in [0.25, 0.3) is 5.91 Å². The molecule has 0 spiro atoms. The van der Waals surface area contributed by atoms with Crippen LogP contribution in [0.25, 0.3) is 0 Å². The van der Waals surface area contributed by atoms with Crippen molar-refractivity contribution >= 4 is 81.1 Å². The summed E-state index contributed by atoms with van der Waals surface area (Å²) in [6, 6.07) is 13.4. The van der Waals surface area contributed by atoms with Gasteiger partial charge in [0, 0.05) is 20.6 Å². The molecule has 5 nitrogen and oxygen atoms in total. The van der Waals surface area contributed by atoms with E-state index in [0.717, 1.165) is 9.13 Å². The molecule has 0 unspecified atom stereocenters. The van der Waals surface area contributed by atoms with E-state index in [1.807, 2.05) is 6.07 Å². The fourth-order valence-electron chi connectivity index (χ4n) is 2.64. The SMILES string of the molecule is COc1cc(C=NNC(=O)c2ccc(Cl)cc2Cl)cc(I)c1OCc1ccc(Cl)cc1Cl. The number of hydrazone groups is 1. The lowest BCUT2D eigenvalue weighted by Gasteiger charge is -2.14. The van der Waals surface area contributed by atoms with E-state index in [-0.39, 0.29) is 17.2 Å². The molecule has 1 N–H and O–H groups in total. The quantitative estimate of drug-likeness (QED) is 0.171. The van der Waals surface area contributed by atoms with Crippen LogP contribution in [0, 0.1) is 3.57 Å². The number of amides is 1. The van der Waals surface area contributed by atoms with E-state index in [1.165, 1.54) is 18.3 Å². The topological polar surface area (TPSA) is 59.9 Å². The van der Waals surface area contributed by atoms with E-state index in [9.17, 15) is 4.79 Å². The summed E-state index contributed by atoms with van der Waals surface area (Å²) >= 11 is 26.2. The van der Waals surface area contributed by atoms with Crippen LogP contribution >= 0.6 is 69.0 Å². The van der Waals surface area contributed by atoms with Gasteiger partial charge in [-0.3, -0.25) is 4.79 Å². The predicted molar refractivity (Wildman–Crippen MR) is 138 cm³/mol. The lowest BCUT2D eigenvalue weighted by molar-refractivity contribution is 0.0955. The molecule has 0 bridgehead atoms. The number of carbonyl (C=O) groups excluding carboxylic acids is 1. The average molecular weight is 624 g/mol. The van der Waals surface area contributed by atoms with Gasteiger partial charge in [-0.05, 0) is 70.6 Å². The molecule has 0 saturated carbocycles. The predicted octanol–water partition coefficient (Wildman–Crippen LogP) is 7.26. The van der Waals surface area contributed by atoms with Crippen molar-refractivity contribution in [1.29, 1.82) is 0 Å². The van der Waals surface area contributed by atoms with Crippen molar-refractivity contribution in [2.24, 2.45) is 5.10 Å². The van der Waals surface area contributed by atoms with E-state index in [4.69, 9.17) is 55.9 Å². The Kier molecular flexibility index (Phi) is 8.90. The fraction of sp³-hybridized carbons (Fsp3) is 0.0909. The van der Waals surface area contributed by atoms with Crippen LogP contribution in [0.2, 0.25) is 20.1 Å². The Morgan fingerprint density at radius 3 is 2.38 bits per heavy atom. The molecule has 0 aliphatic heterocycles. The van der Waals surface area contributed by atoms with E-state index < -0.39 is 5.91 Å². The number of benzene rings is 3. The fourth-order valence-corrected chi connectivity index (χ4v) is 4.38. The third-order valence-corrected chi connectivity index (χ3v) is 6.13. The molecule has 0 radical (unpaired) electrons.